The number of fused-ring (bicyclic) bond motifs is 2. The summed E-state index contributed by atoms with van der Waals surface area (Å²) in [6.45, 7) is 10.5. The first kappa shape index (κ1) is 37.5. The minimum absolute atomic E-state index is 0. The number of benzene rings is 2. The number of carbonyl (C=O) groups is 4. The number of primary amides is 1. The topological polar surface area (TPSA) is 195 Å². The molecule has 44 heavy (non-hydrogen) atoms. The fraction of sp³-hybridized carbons (Fsp3) is 0.484. The normalized spacial score (nSPS) is 16.5. The molecule has 0 aromatic heterocycles. The third kappa shape index (κ3) is 9.24. The number of ether oxygens (including phenoxy) is 3. The van der Waals surface area contributed by atoms with E-state index in [0.717, 1.165) is 11.1 Å². The molecule has 0 saturated heterocycles. The van der Waals surface area contributed by atoms with Crippen LogP contribution in [0, 0.1) is 0 Å². The zero-order valence-electron chi connectivity index (χ0n) is 25.8. The van der Waals surface area contributed by atoms with Gasteiger partial charge in [0.25, 0.3) is 0 Å². The highest BCUT2D eigenvalue weighted by Crippen LogP contribution is 2.37. The minimum Gasteiger partial charge on any atom is -0.508 e. The van der Waals surface area contributed by atoms with Crippen LogP contribution in [0.3, 0.4) is 0 Å². The number of anilines is 2. The van der Waals surface area contributed by atoms with Gasteiger partial charge in [-0.3, -0.25) is 14.6 Å². The highest BCUT2D eigenvalue weighted by atomic mass is 16.6. The number of rotatable bonds is 2. The second-order valence-corrected chi connectivity index (χ2v) is 11.7. The van der Waals surface area contributed by atoms with Crippen LogP contribution in [0.15, 0.2) is 36.4 Å². The summed E-state index contributed by atoms with van der Waals surface area (Å²) in [5.74, 6) is -1.08. The number of aromatic hydroxyl groups is 2. The van der Waals surface area contributed by atoms with Crippen molar-refractivity contribution in [3.05, 3.63) is 47.5 Å². The predicted octanol–water partition coefficient (Wildman–Crippen LogP) is 3.99. The molecule has 13 heteroatoms. The highest BCUT2D eigenvalue weighted by molar-refractivity contribution is 6.01. The van der Waals surface area contributed by atoms with Gasteiger partial charge in [-0.2, -0.15) is 0 Å². The number of nitrogens with zero attached hydrogens (tertiary/aromatic N) is 2. The Morgan fingerprint density at radius 2 is 1.11 bits per heavy atom. The lowest BCUT2D eigenvalue weighted by molar-refractivity contribution is -0.142. The number of esters is 1. The third-order valence-electron chi connectivity index (χ3n) is 6.09. The standard InChI is InChI=1S/C15H19NO5.C14H18N2O4.CH5N.CH4/c1-15(2,3)21-14(19)16-11-8-10(17)6-5-9(11)7-12(16)13(18)20-4;1-14(2,3)20-13(19)16-10-7-9(17)5-4-8(10)6-11(16)12(15)18;1-2;/h5-6,8,12,17H,7H2,1-4H3;4-5,7,11,17H,6H2,1-3H3,(H2,15,18);2H2,1H3;1H4. The number of phenolic OH excluding ortho intramolecular Hbond substituents is 2. The van der Waals surface area contributed by atoms with Crippen LogP contribution >= 0.6 is 0 Å². The first-order valence-corrected chi connectivity index (χ1v) is 13.5. The first-order chi connectivity index (χ1) is 19.9. The Hall–Kier alpha value is -4.52. The van der Waals surface area contributed by atoms with Gasteiger partial charge in [0, 0.05) is 25.0 Å². The van der Waals surface area contributed by atoms with Gasteiger partial charge in [0.05, 0.1) is 18.5 Å². The third-order valence-corrected chi connectivity index (χ3v) is 6.09. The van der Waals surface area contributed by atoms with E-state index in [1.54, 1.807) is 53.7 Å². The summed E-state index contributed by atoms with van der Waals surface area (Å²) >= 11 is 0. The number of hydrogen-bond acceptors (Lipinski definition) is 10. The van der Waals surface area contributed by atoms with E-state index in [-0.39, 0.29) is 18.9 Å². The van der Waals surface area contributed by atoms with Crippen LogP contribution in [0.4, 0.5) is 21.0 Å². The van der Waals surface area contributed by atoms with Crippen molar-refractivity contribution in [2.75, 3.05) is 24.0 Å². The fourth-order valence-electron chi connectivity index (χ4n) is 4.46. The van der Waals surface area contributed by atoms with Crippen LogP contribution in [0.2, 0.25) is 0 Å². The van der Waals surface area contributed by atoms with Gasteiger partial charge >= 0.3 is 18.2 Å². The van der Waals surface area contributed by atoms with E-state index in [9.17, 15) is 29.4 Å². The smallest absolute Gasteiger partial charge is 0.415 e. The van der Waals surface area contributed by atoms with E-state index in [4.69, 9.17) is 19.9 Å². The number of methoxy groups -OCH3 is 1. The molecule has 2 aromatic rings. The van der Waals surface area contributed by atoms with Gasteiger partial charge in [-0.05, 0) is 71.8 Å². The van der Waals surface area contributed by atoms with Gasteiger partial charge in [0.15, 0.2) is 0 Å². The summed E-state index contributed by atoms with van der Waals surface area (Å²) in [6, 6.07) is 7.70. The molecule has 2 unspecified atom stereocenters. The minimum atomic E-state index is -0.790. The first-order valence-electron chi connectivity index (χ1n) is 13.5. The van der Waals surface area contributed by atoms with E-state index >= 15 is 0 Å². The lowest BCUT2D eigenvalue weighted by Gasteiger charge is -2.27. The predicted molar refractivity (Wildman–Crippen MR) is 167 cm³/mol. The van der Waals surface area contributed by atoms with Crippen molar-refractivity contribution in [2.24, 2.45) is 11.5 Å². The molecule has 6 N–H and O–H groups in total. The van der Waals surface area contributed by atoms with E-state index in [0.29, 0.717) is 24.2 Å². The maximum Gasteiger partial charge on any atom is 0.415 e. The molecule has 0 bridgehead atoms. The molecular formula is C31H46N4O9. The van der Waals surface area contributed by atoms with Gasteiger partial charge in [-0.25, -0.2) is 14.4 Å². The number of amides is 3. The number of carbonyl (C=O) groups excluding carboxylic acids is 4. The molecule has 13 nitrogen and oxygen atoms in total. The number of hydrogen-bond donors (Lipinski definition) is 4. The van der Waals surface area contributed by atoms with Gasteiger partial charge in [0.1, 0.15) is 34.8 Å². The van der Waals surface area contributed by atoms with Crippen LogP contribution in [0.5, 0.6) is 11.5 Å². The number of nitrogens with two attached hydrogens (primary N) is 2. The Bertz CT molecular complexity index is 1350. The second kappa shape index (κ2) is 14.8. The van der Waals surface area contributed by atoms with Crippen LogP contribution in [-0.4, -0.2) is 71.7 Å². The van der Waals surface area contributed by atoms with Gasteiger partial charge in [0.2, 0.25) is 5.91 Å². The molecule has 244 valence electrons. The van der Waals surface area contributed by atoms with Crippen molar-refractivity contribution < 1.29 is 43.6 Å². The summed E-state index contributed by atoms with van der Waals surface area (Å²) in [4.78, 5) is 50.6. The summed E-state index contributed by atoms with van der Waals surface area (Å²) < 4.78 is 15.4. The van der Waals surface area contributed by atoms with Crippen LogP contribution in [0.1, 0.15) is 60.1 Å². The molecule has 2 aliphatic rings. The average Bonchev–Trinajstić information content (AvgIpc) is 3.46. The van der Waals surface area contributed by atoms with E-state index in [1.807, 2.05) is 0 Å². The van der Waals surface area contributed by atoms with E-state index < -0.39 is 47.3 Å². The Morgan fingerprint density at radius 1 is 0.750 bits per heavy atom. The van der Waals surface area contributed by atoms with Gasteiger partial charge in [-0.1, -0.05) is 19.6 Å². The molecular weight excluding hydrogens is 572 g/mol. The molecule has 0 aliphatic carbocycles. The lowest BCUT2D eigenvalue weighted by Crippen LogP contribution is -2.47. The van der Waals surface area contributed by atoms with Crippen molar-refractivity contribution in [2.45, 2.75) is 85.1 Å². The van der Waals surface area contributed by atoms with Crippen molar-refractivity contribution in [3.8, 4) is 11.5 Å². The second-order valence-electron chi connectivity index (χ2n) is 11.7. The summed E-state index contributed by atoms with van der Waals surface area (Å²) in [5.41, 5.74) is 11.0. The molecule has 2 aromatic carbocycles. The SMILES string of the molecule is C.CC(C)(C)OC(=O)N1c2cc(O)ccc2CC1C(N)=O.CN.COC(=O)C1Cc2ccc(O)cc2N1C(=O)OC(C)(C)C. The van der Waals surface area contributed by atoms with Crippen molar-refractivity contribution in [1.82, 2.24) is 0 Å². The van der Waals surface area contributed by atoms with Gasteiger partial charge in [-0.15, -0.1) is 0 Å². The number of phenols is 2. The Balaban J connectivity index is 0.000000408. The molecule has 3 amide bonds. The monoisotopic (exact) mass is 618 g/mol. The van der Waals surface area contributed by atoms with Crippen LogP contribution in [0.25, 0.3) is 0 Å². The van der Waals surface area contributed by atoms with Crippen molar-refractivity contribution >= 4 is 35.4 Å². The van der Waals surface area contributed by atoms with Crippen LogP contribution < -0.4 is 21.3 Å². The fourth-order valence-corrected chi connectivity index (χ4v) is 4.46. The largest absolute Gasteiger partial charge is 0.508 e. The summed E-state index contributed by atoms with van der Waals surface area (Å²) in [5, 5.41) is 19.2. The molecule has 2 aliphatic heterocycles. The van der Waals surface area contributed by atoms with Crippen molar-refractivity contribution in [3.63, 3.8) is 0 Å². The molecule has 0 fully saturated rings. The molecule has 0 spiro atoms. The maximum atomic E-state index is 12.4. The molecule has 0 saturated carbocycles. The van der Waals surface area contributed by atoms with Gasteiger partial charge < -0.3 is 35.9 Å². The van der Waals surface area contributed by atoms with Crippen molar-refractivity contribution in [1.29, 1.82) is 0 Å². The molecule has 2 atom stereocenters. The molecule has 0 radical (unpaired) electrons. The van der Waals surface area contributed by atoms with Crippen LogP contribution in [-0.2, 0) is 36.6 Å². The quantitative estimate of drug-likeness (QED) is 0.282. The lowest BCUT2D eigenvalue weighted by atomic mass is 10.1. The van der Waals surface area contributed by atoms with E-state index in [1.165, 1.54) is 48.2 Å². The Kier molecular flexibility index (Phi) is 12.6. The van der Waals surface area contributed by atoms with E-state index in [2.05, 4.69) is 5.73 Å². The Labute approximate surface area is 258 Å². The Morgan fingerprint density at radius 3 is 1.45 bits per heavy atom. The average molecular weight is 619 g/mol. The summed E-state index contributed by atoms with van der Waals surface area (Å²) in [6.07, 6.45) is -0.626. The zero-order valence-corrected chi connectivity index (χ0v) is 25.8. The summed E-state index contributed by atoms with van der Waals surface area (Å²) in [7, 11) is 2.77. The molecule has 4 rings (SSSR count). The maximum absolute atomic E-state index is 12.4. The zero-order chi connectivity index (χ0) is 32.9. The highest BCUT2D eigenvalue weighted by Gasteiger charge is 2.42. The molecule has 2 heterocycles.